The predicted molar refractivity (Wildman–Crippen MR) is 109 cm³/mol. The molecule has 2 saturated heterocycles. The number of hydrogen-bond donors (Lipinski definition) is 1. The van der Waals surface area contributed by atoms with E-state index in [4.69, 9.17) is 0 Å². The van der Waals surface area contributed by atoms with Gasteiger partial charge in [-0.25, -0.2) is 0 Å². The van der Waals surface area contributed by atoms with Crippen LogP contribution in [0.2, 0.25) is 0 Å². The number of amides is 1. The maximum absolute atomic E-state index is 12.9. The van der Waals surface area contributed by atoms with Gasteiger partial charge in [-0.15, -0.1) is 0 Å². The molecule has 1 aromatic rings. The number of likely N-dealkylation sites (tertiary alicyclic amines) is 1. The van der Waals surface area contributed by atoms with E-state index >= 15 is 0 Å². The number of anilines is 1. The molecule has 0 bridgehead atoms. The van der Waals surface area contributed by atoms with E-state index in [1.807, 2.05) is 0 Å². The molecular formula is C21H27F3N4O3. The number of nitrogens with one attached hydrogen (secondary N) is 1. The molecule has 0 unspecified atom stereocenters. The maximum atomic E-state index is 12.9. The Morgan fingerprint density at radius 3 is 2.42 bits per heavy atom. The number of halogens is 3. The molecule has 2 atom stereocenters. The second kappa shape index (κ2) is 8.29. The number of carbonyl (C=O) groups is 1. The van der Waals surface area contributed by atoms with Crippen LogP contribution in [-0.4, -0.2) is 54.0 Å². The van der Waals surface area contributed by atoms with E-state index < -0.39 is 22.4 Å². The van der Waals surface area contributed by atoms with Crippen LogP contribution in [0.5, 0.6) is 0 Å². The van der Waals surface area contributed by atoms with Crippen LogP contribution in [0.4, 0.5) is 24.5 Å². The summed E-state index contributed by atoms with van der Waals surface area (Å²) in [7, 11) is 0. The Morgan fingerprint density at radius 2 is 1.84 bits per heavy atom. The predicted octanol–water partition coefficient (Wildman–Crippen LogP) is 3.43. The Kier molecular flexibility index (Phi) is 5.85. The highest BCUT2D eigenvalue weighted by Crippen LogP contribution is 2.38. The third-order valence-corrected chi connectivity index (χ3v) is 6.74. The lowest BCUT2D eigenvalue weighted by Gasteiger charge is -2.33. The molecule has 3 aliphatic rings. The molecule has 2 heterocycles. The minimum atomic E-state index is -4.64. The second-order valence-corrected chi connectivity index (χ2v) is 9.00. The number of rotatable bonds is 5. The summed E-state index contributed by atoms with van der Waals surface area (Å²) in [6, 6.07) is 3.43. The van der Waals surface area contributed by atoms with Gasteiger partial charge in [0.25, 0.3) is 5.69 Å². The summed E-state index contributed by atoms with van der Waals surface area (Å²) in [4.78, 5) is 27.5. The summed E-state index contributed by atoms with van der Waals surface area (Å²) >= 11 is 0. The molecule has 1 N–H and O–H groups in total. The minimum absolute atomic E-state index is 0.0102. The van der Waals surface area contributed by atoms with Gasteiger partial charge in [-0.3, -0.25) is 19.8 Å². The first kappa shape index (κ1) is 21.9. The van der Waals surface area contributed by atoms with Crippen molar-refractivity contribution in [3.8, 4) is 0 Å². The quantitative estimate of drug-likeness (QED) is 0.561. The maximum Gasteiger partial charge on any atom is 0.416 e. The number of benzene rings is 1. The summed E-state index contributed by atoms with van der Waals surface area (Å²) < 4.78 is 38.8. The molecular weight excluding hydrogens is 413 g/mol. The molecule has 7 nitrogen and oxygen atoms in total. The zero-order chi connectivity index (χ0) is 22.3. The van der Waals surface area contributed by atoms with Gasteiger partial charge in [0.2, 0.25) is 5.91 Å². The van der Waals surface area contributed by atoms with E-state index in [9.17, 15) is 28.1 Å². The van der Waals surface area contributed by atoms with Gasteiger partial charge in [0.15, 0.2) is 0 Å². The Bertz CT molecular complexity index is 851. The van der Waals surface area contributed by atoms with Gasteiger partial charge >= 0.3 is 6.18 Å². The Balaban J connectivity index is 1.36. The lowest BCUT2D eigenvalue weighted by atomic mass is 9.94. The molecule has 0 aromatic heterocycles. The van der Waals surface area contributed by atoms with E-state index in [1.54, 1.807) is 4.90 Å². The van der Waals surface area contributed by atoms with Crippen molar-refractivity contribution in [3.63, 3.8) is 0 Å². The average Bonchev–Trinajstić information content (AvgIpc) is 3.51. The summed E-state index contributed by atoms with van der Waals surface area (Å²) in [6.07, 6.45) is -1.14. The Labute approximate surface area is 178 Å². The van der Waals surface area contributed by atoms with Crippen LogP contribution in [-0.2, 0) is 11.0 Å². The van der Waals surface area contributed by atoms with Crippen LogP contribution in [0.1, 0.15) is 38.2 Å². The number of piperidine rings is 1. The van der Waals surface area contributed by atoms with E-state index in [0.717, 1.165) is 25.2 Å². The van der Waals surface area contributed by atoms with Crippen molar-refractivity contribution in [2.75, 3.05) is 31.1 Å². The summed E-state index contributed by atoms with van der Waals surface area (Å²) in [5.41, 5.74) is -1.43. The topological polar surface area (TPSA) is 78.7 Å². The van der Waals surface area contributed by atoms with Crippen molar-refractivity contribution >= 4 is 17.3 Å². The molecule has 1 aliphatic carbocycles. The molecule has 10 heteroatoms. The number of nitro benzene ring substituents is 1. The average molecular weight is 440 g/mol. The first-order valence-corrected chi connectivity index (χ1v) is 10.8. The summed E-state index contributed by atoms with van der Waals surface area (Å²) in [6.45, 7) is 4.82. The molecule has 2 aliphatic heterocycles. The third-order valence-electron chi connectivity index (χ3n) is 6.74. The van der Waals surface area contributed by atoms with Crippen LogP contribution in [0.3, 0.4) is 0 Å². The molecule has 4 rings (SSSR count). The van der Waals surface area contributed by atoms with Crippen LogP contribution in [0.25, 0.3) is 0 Å². The van der Waals surface area contributed by atoms with Crippen molar-refractivity contribution in [3.05, 3.63) is 33.9 Å². The Hall–Kier alpha value is -2.36. The molecule has 1 amide bonds. The molecule has 0 spiro atoms. The molecule has 3 fully saturated rings. The number of hydrogen-bond acceptors (Lipinski definition) is 5. The Morgan fingerprint density at radius 1 is 1.16 bits per heavy atom. The van der Waals surface area contributed by atoms with Gasteiger partial charge in [0.1, 0.15) is 5.69 Å². The number of alkyl halides is 3. The zero-order valence-corrected chi connectivity index (χ0v) is 17.4. The van der Waals surface area contributed by atoms with Crippen LogP contribution < -0.4 is 10.2 Å². The fraction of sp³-hybridized carbons (Fsp3) is 0.667. The monoisotopic (exact) mass is 440 g/mol. The van der Waals surface area contributed by atoms with Crippen molar-refractivity contribution in [2.45, 2.75) is 50.9 Å². The van der Waals surface area contributed by atoms with Crippen molar-refractivity contribution in [1.29, 1.82) is 0 Å². The van der Waals surface area contributed by atoms with Crippen LogP contribution in [0, 0.1) is 22.0 Å². The summed E-state index contributed by atoms with van der Waals surface area (Å²) in [5.74, 6) is 0.224. The van der Waals surface area contributed by atoms with E-state index in [0.29, 0.717) is 44.0 Å². The normalized spacial score (nSPS) is 25.6. The van der Waals surface area contributed by atoms with Crippen molar-refractivity contribution < 1.29 is 22.9 Å². The van der Waals surface area contributed by atoms with Gasteiger partial charge < -0.3 is 10.2 Å². The van der Waals surface area contributed by atoms with Gasteiger partial charge in [-0.05, 0) is 43.7 Å². The summed E-state index contributed by atoms with van der Waals surface area (Å²) in [5, 5.41) is 14.5. The first-order valence-electron chi connectivity index (χ1n) is 10.8. The highest BCUT2D eigenvalue weighted by molar-refractivity contribution is 5.79. The molecule has 1 aromatic carbocycles. The van der Waals surface area contributed by atoms with Gasteiger partial charge in [0, 0.05) is 50.2 Å². The number of nitro groups is 1. The highest BCUT2D eigenvalue weighted by atomic mass is 19.4. The smallest absolute Gasteiger partial charge is 0.366 e. The zero-order valence-electron chi connectivity index (χ0n) is 17.4. The minimum Gasteiger partial charge on any atom is -0.366 e. The largest absolute Gasteiger partial charge is 0.416 e. The van der Waals surface area contributed by atoms with E-state index in [1.165, 1.54) is 12.8 Å². The fourth-order valence-electron chi connectivity index (χ4n) is 4.73. The second-order valence-electron chi connectivity index (χ2n) is 9.00. The molecule has 0 radical (unpaired) electrons. The standard InChI is InChI=1S/C21H27F3N4O3/c1-13-11-27(16-3-4-16)12-17(13)25-20(29)14-6-8-26(9-7-14)18-5-2-15(21(22,23)24)10-19(18)28(30)31/h2,5,10,13-14,16-17H,3-4,6-9,11-12H2,1H3,(H,25,29)/t13-,17-/m1/s1. The highest BCUT2D eigenvalue weighted by Gasteiger charge is 2.40. The van der Waals surface area contributed by atoms with Crippen molar-refractivity contribution in [1.82, 2.24) is 10.2 Å². The molecule has 170 valence electrons. The lowest BCUT2D eigenvalue weighted by molar-refractivity contribution is -0.384. The van der Waals surface area contributed by atoms with Gasteiger partial charge in [0.05, 0.1) is 10.5 Å². The van der Waals surface area contributed by atoms with Crippen molar-refractivity contribution in [2.24, 2.45) is 11.8 Å². The van der Waals surface area contributed by atoms with E-state index in [-0.39, 0.29) is 23.6 Å². The first-order chi connectivity index (χ1) is 14.6. The van der Waals surface area contributed by atoms with E-state index in [2.05, 4.69) is 17.1 Å². The van der Waals surface area contributed by atoms with Gasteiger partial charge in [-0.1, -0.05) is 6.92 Å². The van der Waals surface area contributed by atoms with Gasteiger partial charge in [-0.2, -0.15) is 13.2 Å². The van der Waals surface area contributed by atoms with Crippen LogP contribution >= 0.6 is 0 Å². The molecule has 1 saturated carbocycles. The third kappa shape index (κ3) is 4.78. The molecule has 31 heavy (non-hydrogen) atoms. The number of carbonyl (C=O) groups excluding carboxylic acids is 1. The fourth-order valence-corrected chi connectivity index (χ4v) is 4.73. The SMILES string of the molecule is C[C@@H]1CN(C2CC2)C[C@H]1NC(=O)C1CCN(c2ccc(C(F)(F)F)cc2[N+](=O)[O-])CC1. The van der Waals surface area contributed by atoms with Crippen LogP contribution in [0.15, 0.2) is 18.2 Å². The lowest BCUT2D eigenvalue weighted by Crippen LogP contribution is -2.46. The number of nitrogens with zero attached hydrogens (tertiary/aromatic N) is 3.